The van der Waals surface area contributed by atoms with Gasteiger partial charge in [-0.25, -0.2) is 0 Å². The van der Waals surface area contributed by atoms with Crippen molar-refractivity contribution in [3.05, 3.63) is 87.3 Å². The molecule has 1 amide bonds. The average Bonchev–Trinajstić information content (AvgIpc) is 2.79. The Balaban J connectivity index is 1.40. The highest BCUT2D eigenvalue weighted by Crippen LogP contribution is 2.33. The van der Waals surface area contributed by atoms with Gasteiger partial charge in [0, 0.05) is 29.4 Å². The Labute approximate surface area is 178 Å². The van der Waals surface area contributed by atoms with E-state index in [0.717, 1.165) is 5.56 Å². The first kappa shape index (κ1) is 19.1. The molecular weight excluding hydrogens is 396 g/mol. The van der Waals surface area contributed by atoms with Crippen LogP contribution in [0.1, 0.15) is 44.3 Å². The number of nitrogens with one attached hydrogen (secondary N) is 2. The van der Waals surface area contributed by atoms with Gasteiger partial charge in [-0.05, 0) is 36.1 Å². The molecule has 3 aromatic rings. The highest BCUT2D eigenvalue weighted by Gasteiger charge is 2.29. The number of hydrogen-bond donors (Lipinski definition) is 2. The highest BCUT2D eigenvalue weighted by molar-refractivity contribution is 6.07. The van der Waals surface area contributed by atoms with Crippen LogP contribution in [0.3, 0.4) is 0 Å². The maximum absolute atomic E-state index is 12.8. The molecule has 1 aliphatic heterocycles. The minimum atomic E-state index is -0.585. The van der Waals surface area contributed by atoms with Crippen LogP contribution in [0.2, 0.25) is 0 Å². The number of aromatic amines is 1. The zero-order valence-corrected chi connectivity index (χ0v) is 16.6. The van der Waals surface area contributed by atoms with E-state index in [2.05, 4.69) is 10.3 Å². The summed E-state index contributed by atoms with van der Waals surface area (Å²) >= 11 is 0. The Morgan fingerprint density at radius 1 is 0.935 bits per heavy atom. The van der Waals surface area contributed by atoms with Gasteiger partial charge in [0.05, 0.1) is 0 Å². The number of pyridine rings is 1. The predicted molar refractivity (Wildman–Crippen MR) is 114 cm³/mol. The van der Waals surface area contributed by atoms with E-state index in [0.29, 0.717) is 54.5 Å². The smallest absolute Gasteiger partial charge is 0.261 e. The first-order valence-electron chi connectivity index (χ1n) is 10.1. The van der Waals surface area contributed by atoms with Crippen molar-refractivity contribution in [2.45, 2.75) is 18.8 Å². The molecule has 1 aromatic heterocycles. The summed E-state index contributed by atoms with van der Waals surface area (Å²) in [6, 6.07) is 16.2. The van der Waals surface area contributed by atoms with E-state index >= 15 is 0 Å². The number of benzene rings is 2. The third-order valence-corrected chi connectivity index (χ3v) is 5.62. The van der Waals surface area contributed by atoms with Crippen LogP contribution in [0.5, 0.6) is 11.5 Å². The topological polar surface area (TPSA) is 97.5 Å². The molecule has 7 nitrogen and oxygen atoms in total. The summed E-state index contributed by atoms with van der Waals surface area (Å²) < 4.78 is 11.0. The quantitative estimate of drug-likeness (QED) is 0.683. The highest BCUT2D eigenvalue weighted by atomic mass is 16.6. The van der Waals surface area contributed by atoms with E-state index < -0.39 is 11.5 Å². The molecule has 7 heteroatoms. The number of carbonyl (C=O) groups is 2. The third kappa shape index (κ3) is 3.70. The van der Waals surface area contributed by atoms with Crippen molar-refractivity contribution in [1.82, 2.24) is 4.98 Å². The number of ketones is 1. The summed E-state index contributed by atoms with van der Waals surface area (Å²) in [5, 5.41) is 2.70. The first-order valence-corrected chi connectivity index (χ1v) is 10.1. The lowest BCUT2D eigenvalue weighted by Gasteiger charge is -2.24. The van der Waals surface area contributed by atoms with E-state index in [1.165, 1.54) is 6.07 Å². The minimum Gasteiger partial charge on any atom is -0.486 e. The molecule has 0 radical (unpaired) electrons. The second-order valence-corrected chi connectivity index (χ2v) is 7.66. The number of aromatic nitrogens is 1. The zero-order chi connectivity index (χ0) is 21.4. The summed E-state index contributed by atoms with van der Waals surface area (Å²) in [7, 11) is 0. The van der Waals surface area contributed by atoms with Crippen molar-refractivity contribution in [2.24, 2.45) is 0 Å². The van der Waals surface area contributed by atoms with Crippen molar-refractivity contribution in [3.8, 4) is 11.5 Å². The monoisotopic (exact) mass is 416 g/mol. The molecule has 0 bridgehead atoms. The van der Waals surface area contributed by atoms with Gasteiger partial charge in [0.1, 0.15) is 18.8 Å². The standard InChI is InChI=1S/C24H20N2O5/c27-20-11-15(14-4-2-1-3-5-14)10-19-17(20)13-18(24(29)26-19)23(28)25-16-6-7-21-22(12-16)31-9-8-30-21/h1-7,12-13,15H,8-11H2,(H,25,28)(H,26,29)/t15-/m0/s1. The SMILES string of the molecule is O=C1C[C@@H](c2ccccc2)Cc2[nH]c(=O)c(C(=O)Nc3ccc4c(c3)OCCO4)cc21. The van der Waals surface area contributed by atoms with Crippen LogP contribution in [0.25, 0.3) is 0 Å². The van der Waals surface area contributed by atoms with Crippen molar-refractivity contribution in [1.29, 1.82) is 0 Å². The fourth-order valence-corrected chi connectivity index (χ4v) is 4.08. The minimum absolute atomic E-state index is 0.00856. The van der Waals surface area contributed by atoms with Crippen molar-refractivity contribution in [3.63, 3.8) is 0 Å². The lowest BCUT2D eigenvalue weighted by atomic mass is 9.81. The van der Waals surface area contributed by atoms with Gasteiger partial charge in [-0.15, -0.1) is 0 Å². The molecule has 1 atom stereocenters. The number of hydrogen-bond acceptors (Lipinski definition) is 5. The molecule has 0 fully saturated rings. The molecule has 0 saturated heterocycles. The lowest BCUT2D eigenvalue weighted by Crippen LogP contribution is -2.29. The Kier molecular flexibility index (Phi) is 4.78. The number of Topliss-reactive ketones (excluding diaryl/α,β-unsaturated/α-hetero) is 1. The van der Waals surface area contributed by atoms with Crippen molar-refractivity contribution in [2.75, 3.05) is 18.5 Å². The fourth-order valence-electron chi connectivity index (χ4n) is 4.08. The number of H-pyrrole nitrogens is 1. The maximum atomic E-state index is 12.8. The maximum Gasteiger partial charge on any atom is 0.261 e. The van der Waals surface area contributed by atoms with Gasteiger partial charge < -0.3 is 19.8 Å². The average molecular weight is 416 g/mol. The molecule has 2 heterocycles. The predicted octanol–water partition coefficient (Wildman–Crippen LogP) is 3.31. The van der Waals surface area contributed by atoms with Crippen molar-refractivity contribution >= 4 is 17.4 Å². The Bertz CT molecular complexity index is 1230. The fraction of sp³-hybridized carbons (Fsp3) is 0.208. The number of fused-ring (bicyclic) bond motifs is 2. The number of rotatable bonds is 3. The number of ether oxygens (including phenoxy) is 2. The molecule has 0 saturated carbocycles. The summed E-state index contributed by atoms with van der Waals surface area (Å²) in [5.41, 5.74) is 1.89. The van der Waals surface area contributed by atoms with Gasteiger partial charge in [-0.1, -0.05) is 30.3 Å². The van der Waals surface area contributed by atoms with Crippen LogP contribution in [0.15, 0.2) is 59.4 Å². The zero-order valence-electron chi connectivity index (χ0n) is 16.6. The number of anilines is 1. The van der Waals surface area contributed by atoms with Crippen LogP contribution >= 0.6 is 0 Å². The molecule has 156 valence electrons. The Hall–Kier alpha value is -3.87. The molecule has 2 aromatic carbocycles. The summed E-state index contributed by atoms with van der Waals surface area (Å²) in [6.45, 7) is 0.906. The summed E-state index contributed by atoms with van der Waals surface area (Å²) in [4.78, 5) is 41.0. The van der Waals surface area contributed by atoms with Gasteiger partial charge in [0.25, 0.3) is 11.5 Å². The molecule has 0 unspecified atom stereocenters. The van der Waals surface area contributed by atoms with Gasteiger partial charge in [0.15, 0.2) is 17.3 Å². The van der Waals surface area contributed by atoms with Gasteiger partial charge >= 0.3 is 0 Å². The van der Waals surface area contributed by atoms with Crippen LogP contribution in [-0.2, 0) is 6.42 Å². The van der Waals surface area contributed by atoms with Crippen LogP contribution in [-0.4, -0.2) is 29.9 Å². The van der Waals surface area contributed by atoms with E-state index in [1.807, 2.05) is 30.3 Å². The molecule has 2 aliphatic rings. The number of carbonyl (C=O) groups excluding carboxylic acids is 2. The molecule has 2 N–H and O–H groups in total. The van der Waals surface area contributed by atoms with E-state index in [1.54, 1.807) is 18.2 Å². The summed E-state index contributed by atoms with van der Waals surface area (Å²) in [6.07, 6.45) is 0.886. The molecule has 5 rings (SSSR count). The van der Waals surface area contributed by atoms with Gasteiger partial charge in [0.2, 0.25) is 0 Å². The second kappa shape index (κ2) is 7.75. The van der Waals surface area contributed by atoms with Gasteiger partial charge in [-0.2, -0.15) is 0 Å². The molecule has 1 aliphatic carbocycles. The third-order valence-electron chi connectivity index (χ3n) is 5.62. The largest absolute Gasteiger partial charge is 0.486 e. The van der Waals surface area contributed by atoms with Crippen LogP contribution in [0.4, 0.5) is 5.69 Å². The van der Waals surface area contributed by atoms with E-state index in [9.17, 15) is 14.4 Å². The van der Waals surface area contributed by atoms with Crippen molar-refractivity contribution < 1.29 is 19.1 Å². The summed E-state index contributed by atoms with van der Waals surface area (Å²) in [5.74, 6) is 0.479. The molecule has 0 spiro atoms. The second-order valence-electron chi connectivity index (χ2n) is 7.66. The number of amides is 1. The van der Waals surface area contributed by atoms with Crippen LogP contribution < -0.4 is 20.3 Å². The van der Waals surface area contributed by atoms with Gasteiger partial charge in [-0.3, -0.25) is 14.4 Å². The first-order chi connectivity index (χ1) is 15.1. The van der Waals surface area contributed by atoms with E-state index in [4.69, 9.17) is 9.47 Å². The Morgan fingerprint density at radius 3 is 2.52 bits per heavy atom. The molecule has 31 heavy (non-hydrogen) atoms. The molecular formula is C24H20N2O5. The van der Waals surface area contributed by atoms with Crippen LogP contribution in [0, 0.1) is 0 Å². The lowest BCUT2D eigenvalue weighted by molar-refractivity contribution is 0.0963. The Morgan fingerprint density at radius 2 is 1.71 bits per heavy atom. The normalized spacial score (nSPS) is 17.0. The van der Waals surface area contributed by atoms with E-state index in [-0.39, 0.29) is 17.3 Å².